The van der Waals surface area contributed by atoms with E-state index in [1.807, 2.05) is 63.2 Å². The van der Waals surface area contributed by atoms with Gasteiger partial charge in [-0.05, 0) is 57.7 Å². The lowest BCUT2D eigenvalue weighted by Gasteiger charge is -2.28. The molecule has 0 radical (unpaired) electrons. The van der Waals surface area contributed by atoms with Gasteiger partial charge in [-0.1, -0.05) is 42.5 Å². The Morgan fingerprint density at radius 3 is 2.38 bits per heavy atom. The Hall–Kier alpha value is -3.54. The van der Waals surface area contributed by atoms with Crippen molar-refractivity contribution in [3.63, 3.8) is 0 Å². The van der Waals surface area contributed by atoms with Gasteiger partial charge in [0.1, 0.15) is 11.4 Å². The van der Waals surface area contributed by atoms with E-state index in [2.05, 4.69) is 22.1 Å². The summed E-state index contributed by atoms with van der Waals surface area (Å²) in [4.78, 5) is 21.1. The number of piperidine rings is 1. The van der Waals surface area contributed by atoms with E-state index in [9.17, 15) is 4.79 Å². The zero-order valence-electron chi connectivity index (χ0n) is 20.2. The Kier molecular flexibility index (Phi) is 6.14. The third-order valence-corrected chi connectivity index (χ3v) is 6.47. The Morgan fingerprint density at radius 1 is 1.00 bits per heavy atom. The van der Waals surface area contributed by atoms with Gasteiger partial charge in [-0.15, -0.1) is 0 Å². The normalized spacial score (nSPS) is 14.2. The minimum absolute atomic E-state index is 0.0366. The molecule has 3 heterocycles. The van der Waals surface area contributed by atoms with Crippen LogP contribution in [0.25, 0.3) is 16.9 Å². The molecule has 1 N–H and O–H groups in total. The van der Waals surface area contributed by atoms with Crippen LogP contribution in [0.5, 0.6) is 5.75 Å². The molecule has 6 nitrogen and oxygen atoms in total. The second-order valence-corrected chi connectivity index (χ2v) is 9.38. The molecular weight excluding hydrogens is 424 g/mol. The fourth-order valence-corrected chi connectivity index (χ4v) is 4.79. The van der Waals surface area contributed by atoms with Crippen LogP contribution in [0.15, 0.2) is 59.4 Å². The fourth-order valence-electron chi connectivity index (χ4n) is 4.79. The number of aromatic nitrogens is 3. The second-order valence-electron chi connectivity index (χ2n) is 9.38. The fraction of sp³-hybridized carbons (Fsp3) is 0.357. The lowest BCUT2D eigenvalue weighted by atomic mass is 10.0. The van der Waals surface area contributed by atoms with Gasteiger partial charge in [0.15, 0.2) is 5.65 Å². The molecule has 0 aliphatic carbocycles. The molecule has 34 heavy (non-hydrogen) atoms. The van der Waals surface area contributed by atoms with Crippen LogP contribution in [-0.4, -0.2) is 33.8 Å². The predicted molar refractivity (Wildman–Crippen MR) is 137 cm³/mol. The maximum absolute atomic E-state index is 13.7. The number of hydrogen-bond donors (Lipinski definition) is 1. The molecular formula is C28H32N4O2. The second kappa shape index (κ2) is 9.37. The first-order chi connectivity index (χ1) is 16.5. The van der Waals surface area contributed by atoms with Gasteiger partial charge in [0, 0.05) is 36.3 Å². The van der Waals surface area contributed by atoms with E-state index in [0.29, 0.717) is 17.6 Å². The largest absolute Gasteiger partial charge is 0.491 e. The molecule has 0 spiro atoms. The summed E-state index contributed by atoms with van der Waals surface area (Å²) >= 11 is 0. The molecule has 1 aliphatic rings. The molecule has 0 bridgehead atoms. The summed E-state index contributed by atoms with van der Waals surface area (Å²) in [6.45, 7) is 7.93. The topological polar surface area (TPSA) is 62.6 Å². The number of hydrogen-bond acceptors (Lipinski definition) is 4. The van der Waals surface area contributed by atoms with Crippen LogP contribution >= 0.6 is 0 Å². The molecule has 2 aromatic heterocycles. The zero-order valence-corrected chi connectivity index (χ0v) is 20.2. The molecule has 1 saturated heterocycles. The van der Waals surface area contributed by atoms with Gasteiger partial charge in [0.05, 0.1) is 11.8 Å². The van der Waals surface area contributed by atoms with Crippen molar-refractivity contribution in [2.75, 3.05) is 18.0 Å². The molecule has 0 amide bonds. The Bertz CT molecular complexity index is 1330. The van der Waals surface area contributed by atoms with Crippen molar-refractivity contribution in [1.82, 2.24) is 14.6 Å². The molecule has 0 saturated carbocycles. The Labute approximate surface area is 200 Å². The number of aromatic amines is 1. The highest BCUT2D eigenvalue weighted by Crippen LogP contribution is 2.34. The predicted octanol–water partition coefficient (Wildman–Crippen LogP) is 5.37. The molecule has 0 atom stereocenters. The standard InChI is InChI=1S/C28H32N4O2/c1-19(2)34-23-14-12-21(13-15-23)18-24-20(3)29-27-26(31-16-8-5-9-17-31)25(30-32(27)28(24)33)22-10-6-4-7-11-22/h4,6-7,10-15,19,30H,5,8-9,16-18H2,1-3H3. The molecule has 176 valence electrons. The van der Waals surface area contributed by atoms with Crippen molar-refractivity contribution in [2.45, 2.75) is 52.6 Å². The Morgan fingerprint density at radius 2 is 1.71 bits per heavy atom. The Balaban J connectivity index is 1.59. The summed E-state index contributed by atoms with van der Waals surface area (Å²) in [7, 11) is 0. The van der Waals surface area contributed by atoms with Gasteiger partial charge in [-0.3, -0.25) is 9.89 Å². The number of ether oxygens (including phenoxy) is 1. The summed E-state index contributed by atoms with van der Waals surface area (Å²) in [6.07, 6.45) is 4.22. The van der Waals surface area contributed by atoms with E-state index in [4.69, 9.17) is 9.72 Å². The number of nitrogens with one attached hydrogen (secondary N) is 1. The van der Waals surface area contributed by atoms with Crippen LogP contribution in [0.2, 0.25) is 0 Å². The van der Waals surface area contributed by atoms with E-state index in [1.165, 1.54) is 6.42 Å². The third-order valence-electron chi connectivity index (χ3n) is 6.47. The van der Waals surface area contributed by atoms with Gasteiger partial charge in [-0.25, -0.2) is 4.98 Å². The summed E-state index contributed by atoms with van der Waals surface area (Å²) in [5, 5.41) is 3.41. The average molecular weight is 457 g/mol. The number of nitrogens with zero attached hydrogens (tertiary/aromatic N) is 3. The van der Waals surface area contributed by atoms with Crippen molar-refractivity contribution in [1.29, 1.82) is 0 Å². The maximum Gasteiger partial charge on any atom is 0.276 e. The summed E-state index contributed by atoms with van der Waals surface area (Å²) in [5.74, 6) is 0.837. The number of rotatable bonds is 6. The van der Waals surface area contributed by atoms with Crippen LogP contribution in [0.4, 0.5) is 5.69 Å². The highest BCUT2D eigenvalue weighted by atomic mass is 16.5. The number of fused-ring (bicyclic) bond motifs is 1. The number of aryl methyl sites for hydroxylation is 1. The maximum atomic E-state index is 13.7. The van der Waals surface area contributed by atoms with Gasteiger partial charge < -0.3 is 9.64 Å². The van der Waals surface area contributed by atoms with Crippen LogP contribution < -0.4 is 15.2 Å². The quantitative estimate of drug-likeness (QED) is 0.424. The SMILES string of the molecule is Cc1nc2c(N3CCCCC3)c(-c3ccccc3)[nH]n2c(=O)c1Cc1ccc(OC(C)C)cc1. The van der Waals surface area contributed by atoms with E-state index in [0.717, 1.165) is 59.9 Å². The molecule has 6 heteroatoms. The van der Waals surface area contributed by atoms with Gasteiger partial charge >= 0.3 is 0 Å². The number of benzene rings is 2. The average Bonchev–Trinajstić information content (AvgIpc) is 3.23. The van der Waals surface area contributed by atoms with Crippen LogP contribution in [0.1, 0.15) is 49.9 Å². The summed E-state index contributed by atoms with van der Waals surface area (Å²) in [5.41, 5.74) is 6.28. The monoisotopic (exact) mass is 456 g/mol. The van der Waals surface area contributed by atoms with E-state index >= 15 is 0 Å². The molecule has 4 aromatic rings. The van der Waals surface area contributed by atoms with E-state index in [1.54, 1.807) is 4.52 Å². The minimum atomic E-state index is -0.0366. The lowest BCUT2D eigenvalue weighted by Crippen LogP contribution is -2.30. The number of H-pyrrole nitrogens is 1. The van der Waals surface area contributed by atoms with Gasteiger partial charge in [0.25, 0.3) is 5.56 Å². The van der Waals surface area contributed by atoms with Crippen LogP contribution in [0.3, 0.4) is 0 Å². The van der Waals surface area contributed by atoms with Crippen molar-refractivity contribution in [2.24, 2.45) is 0 Å². The minimum Gasteiger partial charge on any atom is -0.491 e. The van der Waals surface area contributed by atoms with Crippen LogP contribution in [-0.2, 0) is 6.42 Å². The van der Waals surface area contributed by atoms with Crippen molar-refractivity contribution in [3.05, 3.63) is 81.8 Å². The highest BCUT2D eigenvalue weighted by Gasteiger charge is 2.24. The first-order valence-electron chi connectivity index (χ1n) is 12.2. The summed E-state index contributed by atoms with van der Waals surface area (Å²) in [6, 6.07) is 18.2. The van der Waals surface area contributed by atoms with Crippen molar-refractivity contribution in [3.8, 4) is 17.0 Å². The zero-order chi connectivity index (χ0) is 23.7. The van der Waals surface area contributed by atoms with Crippen molar-refractivity contribution < 1.29 is 4.74 Å². The smallest absolute Gasteiger partial charge is 0.276 e. The molecule has 2 aromatic carbocycles. The molecule has 5 rings (SSSR count). The first kappa shape index (κ1) is 22.3. The summed E-state index contributed by atoms with van der Waals surface area (Å²) < 4.78 is 7.40. The molecule has 1 aliphatic heterocycles. The number of anilines is 1. The van der Waals surface area contributed by atoms with Gasteiger partial charge in [0.2, 0.25) is 0 Å². The first-order valence-corrected chi connectivity index (χ1v) is 12.2. The van der Waals surface area contributed by atoms with Crippen LogP contribution in [0, 0.1) is 6.92 Å². The van der Waals surface area contributed by atoms with Crippen molar-refractivity contribution >= 4 is 11.3 Å². The third kappa shape index (κ3) is 4.32. The molecule has 0 unspecified atom stereocenters. The van der Waals surface area contributed by atoms with E-state index < -0.39 is 0 Å². The highest BCUT2D eigenvalue weighted by molar-refractivity contribution is 5.86. The van der Waals surface area contributed by atoms with E-state index in [-0.39, 0.29) is 11.7 Å². The molecule has 1 fully saturated rings. The van der Waals surface area contributed by atoms with Gasteiger partial charge in [-0.2, -0.15) is 4.52 Å². The lowest BCUT2D eigenvalue weighted by molar-refractivity contribution is 0.242.